The average Bonchev–Trinajstić information content (AvgIpc) is 3.12. The van der Waals surface area contributed by atoms with Crippen molar-refractivity contribution >= 4 is 12.3 Å². The third kappa shape index (κ3) is 8.29. The Bertz CT molecular complexity index is 1630. The number of piperidine rings is 1. The number of aldehydes is 1. The minimum absolute atomic E-state index is 0.274. The Kier molecular flexibility index (Phi) is 11.0. The predicted molar refractivity (Wildman–Crippen MR) is 181 cm³/mol. The van der Waals surface area contributed by atoms with Crippen molar-refractivity contribution in [3.8, 4) is 0 Å². The van der Waals surface area contributed by atoms with E-state index < -0.39 is 30.3 Å². The molecule has 5 aromatic carbocycles. The van der Waals surface area contributed by atoms with Crippen molar-refractivity contribution in [1.82, 2.24) is 4.90 Å². The molecule has 5 aromatic rings. The van der Waals surface area contributed by atoms with E-state index in [1.807, 2.05) is 157 Å². The second kappa shape index (κ2) is 16.1. The molecule has 0 aliphatic carbocycles. The highest BCUT2D eigenvalue weighted by Crippen LogP contribution is 2.32. The Balaban J connectivity index is 1.35. The molecule has 1 aliphatic rings. The van der Waals surface area contributed by atoms with Gasteiger partial charge < -0.3 is 19.0 Å². The largest absolute Gasteiger partial charge is 0.457 e. The zero-order valence-electron chi connectivity index (χ0n) is 26.2. The van der Waals surface area contributed by atoms with E-state index in [-0.39, 0.29) is 19.2 Å². The molecular weight excluding hydrogens is 586 g/mol. The topological polar surface area (TPSA) is 65.1 Å². The van der Waals surface area contributed by atoms with Crippen molar-refractivity contribution in [1.29, 1.82) is 0 Å². The third-order valence-corrected chi connectivity index (χ3v) is 8.57. The Morgan fingerprint density at radius 3 is 1.51 bits per heavy atom. The molecule has 0 N–H and O–H groups in total. The molecule has 1 saturated heterocycles. The zero-order chi connectivity index (χ0) is 32.3. The maximum atomic E-state index is 14.3. The molecule has 47 heavy (non-hydrogen) atoms. The van der Waals surface area contributed by atoms with Crippen LogP contribution in [0.15, 0.2) is 152 Å². The van der Waals surface area contributed by atoms with Crippen molar-refractivity contribution in [2.45, 2.75) is 50.0 Å². The van der Waals surface area contributed by atoms with Crippen LogP contribution in [0.4, 0.5) is 0 Å². The van der Waals surface area contributed by atoms with Crippen LogP contribution in [-0.2, 0) is 43.6 Å². The molecule has 4 atom stereocenters. The molecule has 0 unspecified atom stereocenters. The second-order valence-electron chi connectivity index (χ2n) is 11.8. The van der Waals surface area contributed by atoms with Gasteiger partial charge in [0.05, 0.1) is 19.3 Å². The van der Waals surface area contributed by atoms with E-state index in [1.54, 1.807) is 0 Å². The van der Waals surface area contributed by atoms with Gasteiger partial charge in [-0.1, -0.05) is 152 Å². The molecule has 0 amide bonds. The van der Waals surface area contributed by atoms with E-state index in [9.17, 15) is 9.59 Å². The summed E-state index contributed by atoms with van der Waals surface area (Å²) < 4.78 is 19.7. The summed E-state index contributed by atoms with van der Waals surface area (Å²) in [6.45, 7) is 1.33. The molecule has 0 spiro atoms. The van der Waals surface area contributed by atoms with Gasteiger partial charge in [-0.3, -0.25) is 9.69 Å². The molecule has 0 saturated carbocycles. The number of carbonyl (C=O) groups excluding carboxylic acids is 2. The number of esters is 1. The fourth-order valence-corrected chi connectivity index (χ4v) is 6.23. The van der Waals surface area contributed by atoms with Gasteiger partial charge in [-0.15, -0.1) is 0 Å². The van der Waals surface area contributed by atoms with Crippen molar-refractivity contribution in [2.75, 3.05) is 6.54 Å². The lowest BCUT2D eigenvalue weighted by atomic mass is 9.90. The second-order valence-corrected chi connectivity index (χ2v) is 11.8. The summed E-state index contributed by atoms with van der Waals surface area (Å²) in [4.78, 5) is 29.3. The van der Waals surface area contributed by atoms with Gasteiger partial charge >= 0.3 is 5.97 Å². The van der Waals surface area contributed by atoms with E-state index >= 15 is 0 Å². The number of ether oxygens (including phenoxy) is 3. The molecule has 238 valence electrons. The van der Waals surface area contributed by atoms with Gasteiger partial charge in [-0.25, -0.2) is 0 Å². The van der Waals surface area contributed by atoms with E-state index in [0.29, 0.717) is 13.1 Å². The van der Waals surface area contributed by atoms with Gasteiger partial charge in [0.2, 0.25) is 0 Å². The fraction of sp³-hybridized carbons (Fsp3) is 0.220. The first-order chi connectivity index (χ1) is 23.2. The molecule has 1 fully saturated rings. The lowest BCUT2D eigenvalue weighted by Crippen LogP contribution is -2.64. The van der Waals surface area contributed by atoms with Gasteiger partial charge in [-0.2, -0.15) is 0 Å². The van der Waals surface area contributed by atoms with E-state index in [0.717, 1.165) is 34.1 Å². The smallest absolute Gasteiger partial charge is 0.318 e. The molecule has 0 bridgehead atoms. The van der Waals surface area contributed by atoms with Gasteiger partial charge in [0.15, 0.2) is 0 Å². The molecule has 6 nitrogen and oxygen atoms in total. The number of nitrogens with zero attached hydrogens (tertiary/aromatic N) is 1. The SMILES string of the molecule is O=C[C@H]1[C@H](OCc2ccccc2)[C@H](OCc2ccccc2)[C@H](OC(=O)C(c2ccccc2)c2ccccc2)CN1Cc1ccccc1. The number of hydrogen-bond acceptors (Lipinski definition) is 6. The van der Waals surface area contributed by atoms with Crippen LogP contribution in [0.25, 0.3) is 0 Å². The first kappa shape index (κ1) is 32.1. The lowest BCUT2D eigenvalue weighted by Gasteiger charge is -2.46. The van der Waals surface area contributed by atoms with Crippen LogP contribution in [0, 0.1) is 0 Å². The number of carbonyl (C=O) groups is 2. The van der Waals surface area contributed by atoms with Crippen molar-refractivity contribution in [3.05, 3.63) is 179 Å². The van der Waals surface area contributed by atoms with Crippen LogP contribution in [0.1, 0.15) is 33.7 Å². The Morgan fingerprint density at radius 2 is 1.04 bits per heavy atom. The molecule has 0 aromatic heterocycles. The normalized spacial score (nSPS) is 19.7. The number of benzene rings is 5. The zero-order valence-corrected chi connectivity index (χ0v) is 26.2. The highest BCUT2D eigenvalue weighted by molar-refractivity contribution is 5.82. The highest BCUT2D eigenvalue weighted by Gasteiger charge is 2.47. The van der Waals surface area contributed by atoms with Crippen molar-refractivity contribution in [3.63, 3.8) is 0 Å². The maximum absolute atomic E-state index is 14.3. The Hall–Kier alpha value is -4.88. The van der Waals surface area contributed by atoms with Gasteiger partial charge in [0, 0.05) is 13.1 Å². The maximum Gasteiger partial charge on any atom is 0.318 e. The minimum atomic E-state index is -0.721. The molecule has 6 rings (SSSR count). The number of hydrogen-bond donors (Lipinski definition) is 0. The minimum Gasteiger partial charge on any atom is -0.457 e. The van der Waals surface area contributed by atoms with Crippen LogP contribution < -0.4 is 0 Å². The fourth-order valence-electron chi connectivity index (χ4n) is 6.23. The lowest BCUT2D eigenvalue weighted by molar-refractivity contribution is -0.203. The third-order valence-electron chi connectivity index (χ3n) is 8.57. The van der Waals surface area contributed by atoms with Crippen molar-refractivity contribution in [2.24, 2.45) is 0 Å². The van der Waals surface area contributed by atoms with E-state index in [4.69, 9.17) is 14.2 Å². The summed E-state index contributed by atoms with van der Waals surface area (Å²) in [7, 11) is 0. The van der Waals surface area contributed by atoms with Gasteiger partial charge in [0.25, 0.3) is 0 Å². The quantitative estimate of drug-likeness (QED) is 0.104. The summed E-state index contributed by atoms with van der Waals surface area (Å²) in [5.41, 5.74) is 4.66. The van der Waals surface area contributed by atoms with Crippen LogP contribution >= 0.6 is 0 Å². The first-order valence-corrected chi connectivity index (χ1v) is 16.0. The molecule has 1 heterocycles. The summed E-state index contributed by atoms with van der Waals surface area (Å²) in [5.74, 6) is -1.02. The standard InChI is InChI=1S/C41H39NO5/c43-28-36-39(45-29-32-18-8-2-9-19-32)40(46-30-33-20-10-3-11-21-33)37(27-42(36)26-31-16-6-1-7-17-31)47-41(44)38(34-22-12-4-13-23-34)35-24-14-5-15-25-35/h1-25,28,36-40H,26-27,29-30H2/t36-,37+,39-,40+/m0/s1. The Morgan fingerprint density at radius 1 is 0.617 bits per heavy atom. The van der Waals surface area contributed by atoms with Gasteiger partial charge in [-0.05, 0) is 27.8 Å². The number of likely N-dealkylation sites (tertiary alicyclic amines) is 1. The first-order valence-electron chi connectivity index (χ1n) is 16.0. The number of rotatable bonds is 13. The average molecular weight is 626 g/mol. The van der Waals surface area contributed by atoms with E-state index in [2.05, 4.69) is 0 Å². The molecular formula is C41H39NO5. The van der Waals surface area contributed by atoms with Gasteiger partial charge in [0.1, 0.15) is 30.5 Å². The van der Waals surface area contributed by atoms with E-state index in [1.165, 1.54) is 0 Å². The Labute approximate surface area is 276 Å². The summed E-state index contributed by atoms with van der Waals surface area (Å²) in [5, 5.41) is 0. The molecule has 0 radical (unpaired) electrons. The van der Waals surface area contributed by atoms with Crippen LogP contribution in [0.2, 0.25) is 0 Å². The summed E-state index contributed by atoms with van der Waals surface area (Å²) in [6.07, 6.45) is -1.20. The van der Waals surface area contributed by atoms with Crippen LogP contribution in [0.5, 0.6) is 0 Å². The van der Waals surface area contributed by atoms with Crippen molar-refractivity contribution < 1.29 is 23.8 Å². The molecule has 1 aliphatic heterocycles. The highest BCUT2D eigenvalue weighted by atomic mass is 16.6. The molecule has 6 heteroatoms. The van der Waals surface area contributed by atoms with Crippen LogP contribution in [0.3, 0.4) is 0 Å². The predicted octanol–water partition coefficient (Wildman–Crippen LogP) is 6.98. The monoisotopic (exact) mass is 625 g/mol. The summed E-state index contributed by atoms with van der Waals surface area (Å²) >= 11 is 0. The summed E-state index contributed by atoms with van der Waals surface area (Å²) in [6, 6.07) is 48.4. The van der Waals surface area contributed by atoms with Crippen LogP contribution in [-0.4, -0.2) is 48.1 Å².